The van der Waals surface area contributed by atoms with Crippen molar-refractivity contribution in [3.05, 3.63) is 42.0 Å². The zero-order chi connectivity index (χ0) is 27.9. The molecule has 2 aromatic rings. The van der Waals surface area contributed by atoms with E-state index in [1.54, 1.807) is 24.5 Å². The molecular formula is C29H43FN4O4Si. The first kappa shape index (κ1) is 29.6. The van der Waals surface area contributed by atoms with E-state index in [1.807, 2.05) is 11.0 Å². The number of hydrogen-bond acceptors (Lipinski definition) is 8. The smallest absolute Gasteiger partial charge is 0.225 e. The van der Waals surface area contributed by atoms with Crippen molar-refractivity contribution in [2.24, 2.45) is 5.16 Å². The number of rotatable bonds is 12. The normalized spacial score (nSPS) is 18.2. The summed E-state index contributed by atoms with van der Waals surface area (Å²) in [7, 11) is -1.98. The van der Waals surface area contributed by atoms with Gasteiger partial charge < -0.3 is 23.6 Å². The fraction of sp³-hybridized carbons (Fsp3) is 0.621. The van der Waals surface area contributed by atoms with Crippen LogP contribution < -0.4 is 4.90 Å². The van der Waals surface area contributed by atoms with Gasteiger partial charge in [0.2, 0.25) is 5.95 Å². The molecule has 1 aromatic heterocycles. The van der Waals surface area contributed by atoms with Crippen LogP contribution in [0.15, 0.2) is 35.7 Å². The standard InChI is InChI=1S/C29H43FN4O4Si/c1-29(2,3)39(4,5)38-21-22-11-10-12-25(27(22)30)23-17-31-28(32-18-23)34-19-24(20-34)33-37-16-9-8-15-36-26-13-6-7-14-35-26/h10-12,17-18,26H,6-9,13-16,19-21H2,1-5H3. The van der Waals surface area contributed by atoms with Crippen LogP contribution in [0.4, 0.5) is 10.3 Å². The summed E-state index contributed by atoms with van der Waals surface area (Å²) in [6.07, 6.45) is 8.42. The number of unbranched alkanes of at least 4 members (excludes halogenated alkanes) is 1. The molecule has 2 aliphatic rings. The fourth-order valence-electron chi connectivity index (χ4n) is 4.07. The van der Waals surface area contributed by atoms with Gasteiger partial charge in [-0.15, -0.1) is 0 Å². The first-order valence-corrected chi connectivity index (χ1v) is 16.9. The molecule has 39 heavy (non-hydrogen) atoms. The number of nitrogens with zero attached hydrogens (tertiary/aromatic N) is 4. The van der Waals surface area contributed by atoms with Gasteiger partial charge in [0.05, 0.1) is 25.4 Å². The maximum atomic E-state index is 15.3. The Bertz CT molecular complexity index is 1090. The third-order valence-electron chi connectivity index (χ3n) is 7.72. The van der Waals surface area contributed by atoms with Crippen molar-refractivity contribution in [3.8, 4) is 11.1 Å². The number of oxime groups is 1. The molecule has 4 rings (SSSR count). The molecule has 10 heteroatoms. The second kappa shape index (κ2) is 13.3. The highest BCUT2D eigenvalue weighted by Crippen LogP contribution is 2.37. The van der Waals surface area contributed by atoms with E-state index in [0.717, 1.165) is 38.0 Å². The first-order chi connectivity index (χ1) is 18.6. The number of anilines is 1. The van der Waals surface area contributed by atoms with Crippen molar-refractivity contribution in [2.45, 2.75) is 83.9 Å². The van der Waals surface area contributed by atoms with Gasteiger partial charge in [-0.25, -0.2) is 14.4 Å². The molecule has 0 amide bonds. The average Bonchev–Trinajstić information content (AvgIpc) is 2.89. The Morgan fingerprint density at radius 1 is 1.10 bits per heavy atom. The summed E-state index contributed by atoms with van der Waals surface area (Å²) in [5, 5.41) is 4.29. The highest BCUT2D eigenvalue weighted by atomic mass is 28.4. The van der Waals surface area contributed by atoms with Gasteiger partial charge in [0.25, 0.3) is 0 Å². The van der Waals surface area contributed by atoms with Crippen molar-refractivity contribution in [1.29, 1.82) is 0 Å². The van der Waals surface area contributed by atoms with Crippen LogP contribution in [0.25, 0.3) is 11.1 Å². The maximum absolute atomic E-state index is 15.3. The Hall–Kier alpha value is -2.40. The van der Waals surface area contributed by atoms with E-state index in [-0.39, 0.29) is 23.8 Å². The molecule has 3 heterocycles. The minimum Gasteiger partial charge on any atom is -0.412 e. The lowest BCUT2D eigenvalue weighted by Gasteiger charge is -2.36. The van der Waals surface area contributed by atoms with Gasteiger partial charge in [0, 0.05) is 42.3 Å². The number of halogens is 1. The lowest BCUT2D eigenvalue weighted by molar-refractivity contribution is -0.163. The third-order valence-corrected chi connectivity index (χ3v) is 12.2. The lowest BCUT2D eigenvalue weighted by Crippen LogP contribution is -2.48. The van der Waals surface area contributed by atoms with Crippen LogP contribution in [0.3, 0.4) is 0 Å². The Balaban J connectivity index is 1.20. The van der Waals surface area contributed by atoms with Gasteiger partial charge in [-0.3, -0.25) is 0 Å². The molecule has 214 valence electrons. The van der Waals surface area contributed by atoms with Crippen molar-refractivity contribution in [3.63, 3.8) is 0 Å². The monoisotopic (exact) mass is 558 g/mol. The van der Waals surface area contributed by atoms with E-state index >= 15 is 4.39 Å². The number of hydrogen-bond donors (Lipinski definition) is 0. The van der Waals surface area contributed by atoms with Gasteiger partial charge in [-0.2, -0.15) is 0 Å². The lowest BCUT2D eigenvalue weighted by atomic mass is 10.1. The average molecular weight is 559 g/mol. The Kier molecular flexibility index (Phi) is 10.1. The van der Waals surface area contributed by atoms with Crippen LogP contribution in [0.2, 0.25) is 18.1 Å². The predicted octanol–water partition coefficient (Wildman–Crippen LogP) is 6.32. The Labute approximate surface area is 233 Å². The van der Waals surface area contributed by atoms with Gasteiger partial charge in [-0.1, -0.05) is 44.1 Å². The van der Waals surface area contributed by atoms with Gasteiger partial charge in [-0.05, 0) is 50.2 Å². The molecule has 2 saturated heterocycles. The zero-order valence-corrected chi connectivity index (χ0v) is 25.0. The van der Waals surface area contributed by atoms with E-state index in [1.165, 1.54) is 6.42 Å². The van der Waals surface area contributed by atoms with Gasteiger partial charge in [0.15, 0.2) is 14.6 Å². The highest BCUT2D eigenvalue weighted by Gasteiger charge is 2.37. The fourth-order valence-corrected chi connectivity index (χ4v) is 5.02. The maximum Gasteiger partial charge on any atom is 0.225 e. The van der Waals surface area contributed by atoms with E-state index < -0.39 is 8.32 Å². The predicted molar refractivity (Wildman–Crippen MR) is 154 cm³/mol. The molecule has 2 fully saturated rings. The molecule has 8 nitrogen and oxygen atoms in total. The first-order valence-electron chi connectivity index (χ1n) is 14.0. The van der Waals surface area contributed by atoms with Crippen LogP contribution in [0.5, 0.6) is 0 Å². The van der Waals surface area contributed by atoms with Gasteiger partial charge in [0.1, 0.15) is 12.4 Å². The van der Waals surface area contributed by atoms with Crippen molar-refractivity contribution in [2.75, 3.05) is 37.8 Å². The van der Waals surface area contributed by atoms with Gasteiger partial charge >= 0.3 is 0 Å². The second-order valence-electron chi connectivity index (χ2n) is 11.8. The summed E-state index contributed by atoms with van der Waals surface area (Å²) in [4.78, 5) is 16.4. The topological polar surface area (TPSA) is 78.3 Å². The van der Waals surface area contributed by atoms with Crippen molar-refractivity contribution >= 4 is 20.0 Å². The summed E-state index contributed by atoms with van der Waals surface area (Å²) in [6, 6.07) is 5.39. The van der Waals surface area contributed by atoms with E-state index in [2.05, 4.69) is 49.0 Å². The molecule has 0 radical (unpaired) electrons. The highest BCUT2D eigenvalue weighted by molar-refractivity contribution is 6.74. The largest absolute Gasteiger partial charge is 0.412 e. The summed E-state index contributed by atoms with van der Waals surface area (Å²) in [6.45, 7) is 14.4. The van der Waals surface area contributed by atoms with Crippen LogP contribution in [0.1, 0.15) is 58.4 Å². The summed E-state index contributed by atoms with van der Waals surface area (Å²) < 4.78 is 32.9. The zero-order valence-electron chi connectivity index (χ0n) is 24.0. The summed E-state index contributed by atoms with van der Waals surface area (Å²) in [5.74, 6) is 0.314. The molecule has 0 bridgehead atoms. The number of aromatic nitrogens is 2. The molecular weight excluding hydrogens is 515 g/mol. The number of benzene rings is 1. The van der Waals surface area contributed by atoms with Crippen molar-refractivity contribution in [1.82, 2.24) is 9.97 Å². The Morgan fingerprint density at radius 3 is 2.54 bits per heavy atom. The van der Waals surface area contributed by atoms with Crippen LogP contribution >= 0.6 is 0 Å². The van der Waals surface area contributed by atoms with Crippen LogP contribution in [0, 0.1) is 5.82 Å². The molecule has 1 unspecified atom stereocenters. The van der Waals surface area contributed by atoms with E-state index in [4.69, 9.17) is 18.7 Å². The SMILES string of the molecule is CC(C)(C)[Si](C)(C)OCc1cccc(-c2cnc(N3CC(=NOCCCCOC4CCCCO4)C3)nc2)c1F. The molecule has 0 aliphatic carbocycles. The third kappa shape index (κ3) is 8.06. The van der Waals surface area contributed by atoms with E-state index in [0.29, 0.717) is 48.9 Å². The molecule has 1 atom stereocenters. The quantitative estimate of drug-likeness (QED) is 0.171. The summed E-state index contributed by atoms with van der Waals surface area (Å²) >= 11 is 0. The molecule has 0 spiro atoms. The molecule has 2 aliphatic heterocycles. The molecule has 1 aromatic carbocycles. The minimum atomic E-state index is -1.98. The second-order valence-corrected chi connectivity index (χ2v) is 16.6. The molecule has 0 N–H and O–H groups in total. The molecule has 0 saturated carbocycles. The minimum absolute atomic E-state index is 0.0340. The number of ether oxygens (including phenoxy) is 2. The van der Waals surface area contributed by atoms with Crippen LogP contribution in [-0.4, -0.2) is 63.2 Å². The Morgan fingerprint density at radius 2 is 1.85 bits per heavy atom. The summed E-state index contributed by atoms with van der Waals surface area (Å²) in [5.41, 5.74) is 2.63. The van der Waals surface area contributed by atoms with Crippen molar-refractivity contribution < 1.29 is 23.1 Å². The van der Waals surface area contributed by atoms with E-state index in [9.17, 15) is 0 Å². The van der Waals surface area contributed by atoms with Crippen LogP contribution in [-0.2, 0) is 25.3 Å².